The van der Waals surface area contributed by atoms with Crippen LogP contribution in [0.25, 0.3) is 0 Å². The van der Waals surface area contributed by atoms with Gasteiger partial charge >= 0.3 is 5.97 Å². The van der Waals surface area contributed by atoms with E-state index < -0.39 is 5.97 Å². The number of hydrogen-bond donors (Lipinski definition) is 3. The van der Waals surface area contributed by atoms with Crippen LogP contribution >= 0.6 is 0 Å². The Morgan fingerprint density at radius 3 is 2.78 bits per heavy atom. The molecule has 3 N–H and O–H groups in total. The number of aliphatic carboxylic acids is 1. The molecular weight excluding hydrogens is 232 g/mol. The number of aromatic amines is 1. The zero-order valence-electron chi connectivity index (χ0n) is 9.51. The molecule has 0 aliphatic carbocycles. The molecule has 18 heavy (non-hydrogen) atoms. The van der Waals surface area contributed by atoms with E-state index in [4.69, 9.17) is 5.11 Å². The van der Waals surface area contributed by atoms with Crippen molar-refractivity contribution in [1.29, 1.82) is 0 Å². The maximum Gasteiger partial charge on any atom is 0.307 e. The number of amides is 1. The highest BCUT2D eigenvalue weighted by atomic mass is 16.4. The Bertz CT molecular complexity index is 561. The zero-order valence-corrected chi connectivity index (χ0v) is 9.51. The number of aromatic nitrogens is 1. The van der Waals surface area contributed by atoms with E-state index in [1.54, 1.807) is 42.7 Å². The van der Waals surface area contributed by atoms with Crippen LogP contribution in [-0.4, -0.2) is 22.0 Å². The molecule has 0 aliphatic rings. The van der Waals surface area contributed by atoms with Crippen molar-refractivity contribution in [1.82, 2.24) is 4.98 Å². The second kappa shape index (κ2) is 5.18. The van der Waals surface area contributed by atoms with Crippen molar-refractivity contribution in [3.8, 4) is 0 Å². The Morgan fingerprint density at radius 1 is 1.28 bits per heavy atom. The number of hydrogen-bond acceptors (Lipinski definition) is 2. The van der Waals surface area contributed by atoms with Gasteiger partial charge in [0.2, 0.25) is 0 Å². The minimum atomic E-state index is -0.899. The van der Waals surface area contributed by atoms with E-state index in [0.29, 0.717) is 16.8 Å². The first kappa shape index (κ1) is 11.9. The topological polar surface area (TPSA) is 82.2 Å². The van der Waals surface area contributed by atoms with Crippen LogP contribution in [0.15, 0.2) is 42.7 Å². The first-order chi connectivity index (χ1) is 8.65. The van der Waals surface area contributed by atoms with Gasteiger partial charge in [0.15, 0.2) is 0 Å². The SMILES string of the molecule is O=C(O)Cc1cccc(NC(=O)c2cc[nH]c2)c1. The first-order valence-electron chi connectivity index (χ1n) is 5.40. The molecule has 1 aromatic carbocycles. The van der Waals surface area contributed by atoms with Gasteiger partial charge < -0.3 is 15.4 Å². The summed E-state index contributed by atoms with van der Waals surface area (Å²) in [6.07, 6.45) is 3.19. The van der Waals surface area contributed by atoms with Crippen LogP contribution < -0.4 is 5.32 Å². The summed E-state index contributed by atoms with van der Waals surface area (Å²) in [6, 6.07) is 8.45. The Balaban J connectivity index is 2.10. The normalized spacial score (nSPS) is 10.0. The predicted molar refractivity (Wildman–Crippen MR) is 66.5 cm³/mol. The molecule has 5 nitrogen and oxygen atoms in total. The molecule has 0 fully saturated rings. The summed E-state index contributed by atoms with van der Waals surface area (Å²) in [6.45, 7) is 0. The summed E-state index contributed by atoms with van der Waals surface area (Å²) in [5, 5.41) is 11.4. The molecule has 0 bridgehead atoms. The quantitative estimate of drug-likeness (QED) is 0.768. The smallest absolute Gasteiger partial charge is 0.307 e. The molecule has 0 saturated carbocycles. The Hall–Kier alpha value is -2.56. The lowest BCUT2D eigenvalue weighted by molar-refractivity contribution is -0.136. The van der Waals surface area contributed by atoms with E-state index >= 15 is 0 Å². The third-order valence-electron chi connectivity index (χ3n) is 2.40. The van der Waals surface area contributed by atoms with E-state index in [0.717, 1.165) is 0 Å². The summed E-state index contributed by atoms with van der Waals surface area (Å²) in [5.74, 6) is -1.13. The third-order valence-corrected chi connectivity index (χ3v) is 2.40. The Morgan fingerprint density at radius 2 is 2.11 bits per heavy atom. The molecular formula is C13H12N2O3. The lowest BCUT2D eigenvalue weighted by atomic mass is 10.1. The van der Waals surface area contributed by atoms with Gasteiger partial charge in [-0.15, -0.1) is 0 Å². The van der Waals surface area contributed by atoms with E-state index in [1.807, 2.05) is 0 Å². The van der Waals surface area contributed by atoms with E-state index in [2.05, 4.69) is 10.3 Å². The van der Waals surface area contributed by atoms with E-state index in [1.165, 1.54) is 0 Å². The van der Waals surface area contributed by atoms with Crippen molar-refractivity contribution in [3.63, 3.8) is 0 Å². The van der Waals surface area contributed by atoms with Gasteiger partial charge in [0, 0.05) is 18.1 Å². The molecule has 0 saturated heterocycles. The van der Waals surface area contributed by atoms with Gasteiger partial charge in [0.25, 0.3) is 5.91 Å². The molecule has 1 heterocycles. The largest absolute Gasteiger partial charge is 0.481 e. The Kier molecular flexibility index (Phi) is 3.43. The van der Waals surface area contributed by atoms with Gasteiger partial charge in [-0.25, -0.2) is 0 Å². The molecule has 2 rings (SSSR count). The number of carbonyl (C=O) groups excluding carboxylic acids is 1. The molecule has 0 radical (unpaired) electrons. The number of anilines is 1. The zero-order chi connectivity index (χ0) is 13.0. The van der Waals surface area contributed by atoms with Crippen molar-refractivity contribution in [2.24, 2.45) is 0 Å². The van der Waals surface area contributed by atoms with Gasteiger partial charge in [0.05, 0.1) is 12.0 Å². The number of rotatable bonds is 4. The minimum Gasteiger partial charge on any atom is -0.481 e. The number of nitrogens with one attached hydrogen (secondary N) is 2. The van der Waals surface area contributed by atoms with Gasteiger partial charge in [0.1, 0.15) is 0 Å². The number of carboxylic acid groups (broad SMARTS) is 1. The summed E-state index contributed by atoms with van der Waals surface area (Å²) in [4.78, 5) is 25.2. The highest BCUT2D eigenvalue weighted by Gasteiger charge is 2.07. The maximum atomic E-state index is 11.8. The predicted octanol–water partition coefficient (Wildman–Crippen LogP) is 1.89. The van der Waals surface area contributed by atoms with Crippen LogP contribution in [0.3, 0.4) is 0 Å². The number of H-pyrrole nitrogens is 1. The Labute approximate surface area is 103 Å². The monoisotopic (exact) mass is 244 g/mol. The fraction of sp³-hybridized carbons (Fsp3) is 0.0769. The van der Waals surface area contributed by atoms with Crippen molar-refractivity contribution in [2.75, 3.05) is 5.32 Å². The van der Waals surface area contributed by atoms with Gasteiger partial charge in [-0.1, -0.05) is 12.1 Å². The first-order valence-corrected chi connectivity index (χ1v) is 5.40. The van der Waals surface area contributed by atoms with Crippen LogP contribution in [0.2, 0.25) is 0 Å². The fourth-order valence-electron chi connectivity index (χ4n) is 1.60. The molecule has 1 aromatic heterocycles. The van der Waals surface area contributed by atoms with Crippen LogP contribution in [0, 0.1) is 0 Å². The molecule has 92 valence electrons. The highest BCUT2D eigenvalue weighted by Crippen LogP contribution is 2.12. The summed E-state index contributed by atoms with van der Waals surface area (Å²) < 4.78 is 0. The summed E-state index contributed by atoms with van der Waals surface area (Å²) >= 11 is 0. The average Bonchev–Trinajstić information content (AvgIpc) is 2.81. The standard InChI is InChI=1S/C13H12N2O3/c16-12(17)7-9-2-1-3-11(6-9)15-13(18)10-4-5-14-8-10/h1-6,8,14H,7H2,(H,15,18)(H,16,17). The van der Waals surface area contributed by atoms with Crippen LogP contribution in [0.4, 0.5) is 5.69 Å². The highest BCUT2D eigenvalue weighted by molar-refractivity contribution is 6.04. The second-order valence-corrected chi connectivity index (χ2v) is 3.82. The fourth-order valence-corrected chi connectivity index (χ4v) is 1.60. The molecule has 0 atom stereocenters. The van der Waals surface area contributed by atoms with Gasteiger partial charge in [-0.3, -0.25) is 9.59 Å². The van der Waals surface area contributed by atoms with Gasteiger partial charge in [-0.05, 0) is 23.8 Å². The molecule has 1 amide bonds. The van der Waals surface area contributed by atoms with E-state index in [9.17, 15) is 9.59 Å². The van der Waals surface area contributed by atoms with Crippen molar-refractivity contribution < 1.29 is 14.7 Å². The summed E-state index contributed by atoms with van der Waals surface area (Å²) in [5.41, 5.74) is 1.76. The molecule has 0 aliphatic heterocycles. The number of benzene rings is 1. The maximum absolute atomic E-state index is 11.8. The summed E-state index contributed by atoms with van der Waals surface area (Å²) in [7, 11) is 0. The molecule has 5 heteroatoms. The van der Waals surface area contributed by atoms with Crippen molar-refractivity contribution in [2.45, 2.75) is 6.42 Å². The van der Waals surface area contributed by atoms with Crippen LogP contribution in [0.1, 0.15) is 15.9 Å². The third kappa shape index (κ3) is 2.98. The van der Waals surface area contributed by atoms with Gasteiger partial charge in [-0.2, -0.15) is 0 Å². The molecule has 0 spiro atoms. The van der Waals surface area contributed by atoms with E-state index in [-0.39, 0.29) is 12.3 Å². The number of carbonyl (C=O) groups is 2. The molecule has 2 aromatic rings. The second-order valence-electron chi connectivity index (χ2n) is 3.82. The van der Waals surface area contributed by atoms with Crippen molar-refractivity contribution in [3.05, 3.63) is 53.9 Å². The lowest BCUT2D eigenvalue weighted by Gasteiger charge is -2.05. The van der Waals surface area contributed by atoms with Crippen molar-refractivity contribution >= 4 is 17.6 Å². The number of carboxylic acids is 1. The minimum absolute atomic E-state index is 0.0616. The van der Waals surface area contributed by atoms with Crippen LogP contribution in [-0.2, 0) is 11.2 Å². The average molecular weight is 244 g/mol. The lowest BCUT2D eigenvalue weighted by Crippen LogP contribution is -2.11. The van der Waals surface area contributed by atoms with Crippen LogP contribution in [0.5, 0.6) is 0 Å². The molecule has 0 unspecified atom stereocenters.